The predicted molar refractivity (Wildman–Crippen MR) is 165 cm³/mol. The van der Waals surface area contributed by atoms with Gasteiger partial charge >= 0.3 is 6.09 Å². The zero-order valence-corrected chi connectivity index (χ0v) is 24.7. The number of amides is 1. The maximum absolute atomic E-state index is 11.4. The van der Waals surface area contributed by atoms with Crippen LogP contribution in [0, 0.1) is 23.2 Å². The lowest BCUT2D eigenvalue weighted by molar-refractivity contribution is 0.0916. The Bertz CT molecular complexity index is 1460. The van der Waals surface area contributed by atoms with E-state index in [4.69, 9.17) is 20.1 Å². The lowest BCUT2D eigenvalue weighted by atomic mass is 9.80. The molecule has 0 spiro atoms. The molecule has 6 rings (SSSR count). The van der Waals surface area contributed by atoms with E-state index in [1.807, 2.05) is 18.2 Å². The molecule has 1 saturated heterocycles. The van der Waals surface area contributed by atoms with Gasteiger partial charge in [0, 0.05) is 25.3 Å². The van der Waals surface area contributed by atoms with Gasteiger partial charge in [0.15, 0.2) is 23.1 Å². The summed E-state index contributed by atoms with van der Waals surface area (Å²) in [6, 6.07) is 5.93. The zero-order chi connectivity index (χ0) is 29.9. The quantitative estimate of drug-likeness (QED) is 0.154. The molecule has 3 fully saturated rings. The molecule has 0 radical (unpaired) electrons. The minimum atomic E-state index is -1.33. The van der Waals surface area contributed by atoms with Crippen LogP contribution in [0.3, 0.4) is 0 Å². The number of nitrogens with zero attached hydrogens (tertiary/aromatic N) is 6. The third-order valence-corrected chi connectivity index (χ3v) is 9.34. The number of hydrogen-bond donors (Lipinski definition) is 4. The van der Waals surface area contributed by atoms with Gasteiger partial charge in [-0.05, 0) is 75.3 Å². The Balaban J connectivity index is 1.48. The summed E-state index contributed by atoms with van der Waals surface area (Å²) in [4.78, 5) is 32.8. The molecular weight excluding hydrogens is 546 g/mol. The second kappa shape index (κ2) is 12.7. The van der Waals surface area contributed by atoms with Crippen LogP contribution >= 0.6 is 0 Å². The van der Waals surface area contributed by atoms with Crippen LogP contribution < -0.4 is 15.5 Å². The maximum Gasteiger partial charge on any atom is 0.410 e. The highest BCUT2D eigenvalue weighted by molar-refractivity contribution is 6.03. The second-order valence-corrected chi connectivity index (χ2v) is 12.1. The van der Waals surface area contributed by atoms with E-state index in [0.29, 0.717) is 49.0 Å². The normalized spacial score (nSPS) is 23.4. The molecule has 228 valence electrons. The summed E-state index contributed by atoms with van der Waals surface area (Å²) in [5.41, 5.74) is 2.12. The molecule has 3 aromatic rings. The summed E-state index contributed by atoms with van der Waals surface area (Å²) in [7, 11) is 0. The average molecular weight is 588 g/mol. The molecule has 4 heterocycles. The average Bonchev–Trinajstić information content (AvgIpc) is 3.35. The molecule has 0 aromatic carbocycles. The summed E-state index contributed by atoms with van der Waals surface area (Å²) < 4.78 is 8.18. The number of aromatic nitrogens is 5. The van der Waals surface area contributed by atoms with Crippen LogP contribution in [0.5, 0.6) is 0 Å². The number of allylic oxidation sites excluding steroid dienone is 1. The molecule has 4 N–H and O–H groups in total. The lowest BCUT2D eigenvalue weighted by Crippen LogP contribution is -2.41. The summed E-state index contributed by atoms with van der Waals surface area (Å²) in [6.07, 6.45) is 10.5. The van der Waals surface area contributed by atoms with Crippen molar-refractivity contribution < 1.29 is 14.6 Å². The highest BCUT2D eigenvalue weighted by atomic mass is 16.5. The zero-order valence-electron chi connectivity index (χ0n) is 24.7. The van der Waals surface area contributed by atoms with Crippen LogP contribution in [0.15, 0.2) is 37.1 Å². The molecule has 2 aliphatic carbocycles. The van der Waals surface area contributed by atoms with Crippen molar-refractivity contribution in [3.05, 3.63) is 48.6 Å². The van der Waals surface area contributed by atoms with Crippen molar-refractivity contribution in [2.24, 2.45) is 17.8 Å². The standard InChI is InChI=1S/C31H41N9O3/c1-3-20-10-12-21(13-11-20)17-40-25-27(34-19(2)22-7-6-8-22)36-29(26(32)35-31(41)42)37-28(25)38-30(40)39-15-16-43-18-24(39)23-9-4-5-14-33-23/h3-5,9,14,19-22,24H,1,6-8,10-13,15-18H2,2H3,(H2,32,35)(H,41,42)(H,34,36,37)/t19-,20-,21-,24+/m1/s1. The van der Waals surface area contributed by atoms with E-state index in [9.17, 15) is 9.90 Å². The molecule has 43 heavy (non-hydrogen) atoms. The number of morpholine rings is 1. The van der Waals surface area contributed by atoms with E-state index in [0.717, 1.165) is 62.2 Å². The first-order chi connectivity index (χ1) is 20.9. The van der Waals surface area contributed by atoms with Gasteiger partial charge in [-0.2, -0.15) is 4.98 Å². The van der Waals surface area contributed by atoms with E-state index in [-0.39, 0.29) is 23.7 Å². The molecular formula is C31H41N9O3. The van der Waals surface area contributed by atoms with Crippen LogP contribution in [0.25, 0.3) is 11.2 Å². The molecule has 12 heteroatoms. The third-order valence-electron chi connectivity index (χ3n) is 9.34. The number of ether oxygens (including phenoxy) is 1. The highest BCUT2D eigenvalue weighted by Gasteiger charge is 2.33. The highest BCUT2D eigenvalue weighted by Crippen LogP contribution is 2.38. The Hall–Kier alpha value is -4.06. The molecule has 3 aliphatic rings. The molecule has 1 aliphatic heterocycles. The van der Waals surface area contributed by atoms with Gasteiger partial charge in [-0.15, -0.1) is 6.58 Å². The van der Waals surface area contributed by atoms with Crippen molar-refractivity contribution in [2.75, 3.05) is 30.0 Å². The summed E-state index contributed by atoms with van der Waals surface area (Å²) in [6.45, 7) is 8.61. The summed E-state index contributed by atoms with van der Waals surface area (Å²) in [5.74, 6) is 2.49. The molecule has 12 nitrogen and oxygen atoms in total. The van der Waals surface area contributed by atoms with E-state index in [1.54, 1.807) is 6.20 Å². The Morgan fingerprint density at radius 3 is 2.70 bits per heavy atom. The van der Waals surface area contributed by atoms with Crippen LogP contribution in [0.1, 0.15) is 69.4 Å². The first-order valence-corrected chi connectivity index (χ1v) is 15.4. The van der Waals surface area contributed by atoms with Crippen molar-refractivity contribution in [3.8, 4) is 0 Å². The number of carbonyl (C=O) groups is 1. The van der Waals surface area contributed by atoms with E-state index >= 15 is 0 Å². The van der Waals surface area contributed by atoms with Gasteiger partial charge in [-0.1, -0.05) is 18.6 Å². The lowest BCUT2D eigenvalue weighted by Gasteiger charge is -2.37. The first-order valence-electron chi connectivity index (χ1n) is 15.4. The predicted octanol–water partition coefficient (Wildman–Crippen LogP) is 4.99. The number of fused-ring (bicyclic) bond motifs is 1. The molecule has 1 amide bonds. The number of nitrogens with one attached hydrogen (secondary N) is 3. The van der Waals surface area contributed by atoms with Crippen molar-refractivity contribution in [1.82, 2.24) is 29.8 Å². The van der Waals surface area contributed by atoms with Gasteiger partial charge < -0.3 is 24.6 Å². The minimum absolute atomic E-state index is 0.0100. The Labute approximate surface area is 251 Å². The summed E-state index contributed by atoms with van der Waals surface area (Å²) in [5, 5.41) is 23.4. The van der Waals surface area contributed by atoms with Crippen molar-refractivity contribution in [1.29, 1.82) is 5.41 Å². The smallest absolute Gasteiger partial charge is 0.410 e. The molecule has 0 unspecified atom stereocenters. The van der Waals surface area contributed by atoms with Crippen LogP contribution in [0.2, 0.25) is 0 Å². The fourth-order valence-electron chi connectivity index (χ4n) is 6.59. The Morgan fingerprint density at radius 1 is 1.21 bits per heavy atom. The van der Waals surface area contributed by atoms with Gasteiger partial charge in [0.25, 0.3) is 0 Å². The van der Waals surface area contributed by atoms with E-state index in [1.165, 1.54) is 6.42 Å². The fraction of sp³-hybridized carbons (Fsp3) is 0.548. The first kappa shape index (κ1) is 29.0. The number of carboxylic acid groups (broad SMARTS) is 1. The molecule has 0 bridgehead atoms. The number of hydrogen-bond acceptors (Lipinski definition) is 9. The number of imidazole rings is 1. The number of rotatable bonds is 9. The molecule has 3 aromatic heterocycles. The van der Waals surface area contributed by atoms with Gasteiger partial charge in [0.2, 0.25) is 5.95 Å². The topological polar surface area (TPSA) is 154 Å². The fourth-order valence-corrected chi connectivity index (χ4v) is 6.59. The van der Waals surface area contributed by atoms with Crippen LogP contribution in [0.4, 0.5) is 16.6 Å². The van der Waals surface area contributed by atoms with Crippen LogP contribution in [-0.4, -0.2) is 67.3 Å². The number of pyridine rings is 1. The minimum Gasteiger partial charge on any atom is -0.465 e. The van der Waals surface area contributed by atoms with Crippen molar-refractivity contribution in [2.45, 2.75) is 70.5 Å². The summed E-state index contributed by atoms with van der Waals surface area (Å²) >= 11 is 0. The van der Waals surface area contributed by atoms with Crippen molar-refractivity contribution in [3.63, 3.8) is 0 Å². The maximum atomic E-state index is 11.4. The van der Waals surface area contributed by atoms with Gasteiger partial charge in [0.1, 0.15) is 5.52 Å². The number of anilines is 2. The SMILES string of the molecule is C=C[C@H]1CC[C@H](Cn2c(N3CCOC[C@H]3c3ccccn3)nc3nc(C(=N)NC(=O)O)nc(N[C@H](C)C4CCC4)c32)CC1. The van der Waals surface area contributed by atoms with Gasteiger partial charge in [-0.25, -0.2) is 14.8 Å². The largest absolute Gasteiger partial charge is 0.465 e. The molecule has 2 atom stereocenters. The van der Waals surface area contributed by atoms with Crippen molar-refractivity contribution >= 4 is 34.9 Å². The third kappa shape index (κ3) is 6.20. The van der Waals surface area contributed by atoms with Gasteiger partial charge in [-0.3, -0.25) is 15.7 Å². The second-order valence-electron chi connectivity index (χ2n) is 12.1. The van der Waals surface area contributed by atoms with Crippen LogP contribution in [-0.2, 0) is 11.3 Å². The monoisotopic (exact) mass is 587 g/mol. The molecule has 2 saturated carbocycles. The van der Waals surface area contributed by atoms with E-state index in [2.05, 4.69) is 49.6 Å². The van der Waals surface area contributed by atoms with Gasteiger partial charge in [0.05, 0.1) is 24.9 Å². The number of amidine groups is 1. The Kier molecular flexibility index (Phi) is 8.55. The Morgan fingerprint density at radius 2 is 2.02 bits per heavy atom. The van der Waals surface area contributed by atoms with E-state index < -0.39 is 6.09 Å².